The number of fused-ring (bicyclic) bond motifs is 3. The highest BCUT2D eigenvalue weighted by Gasteiger charge is 2.48. The van der Waals surface area contributed by atoms with Crippen molar-refractivity contribution >= 4 is 15.5 Å². The molecule has 5 nitrogen and oxygen atoms in total. The zero-order valence-corrected chi connectivity index (χ0v) is 13.5. The van der Waals surface area contributed by atoms with Crippen LogP contribution in [0.3, 0.4) is 0 Å². The van der Waals surface area contributed by atoms with Gasteiger partial charge in [0, 0.05) is 45.3 Å². The molecule has 0 spiro atoms. The van der Waals surface area contributed by atoms with Crippen LogP contribution in [0.2, 0.25) is 0 Å². The molecule has 1 N–H and O–H groups in total. The molecule has 4 rings (SSSR count). The summed E-state index contributed by atoms with van der Waals surface area (Å²) in [7, 11) is -5.62. The molecular formula is C14H17F4N3O2S. The first-order chi connectivity index (χ1) is 11.2. The Kier molecular flexibility index (Phi) is 4.47. The van der Waals surface area contributed by atoms with Crippen LogP contribution in [-0.2, 0) is 9.84 Å². The predicted molar refractivity (Wildman–Crippen MR) is 79.9 cm³/mol. The van der Waals surface area contributed by atoms with Crippen molar-refractivity contribution in [3.63, 3.8) is 0 Å². The lowest BCUT2D eigenvalue weighted by Gasteiger charge is -2.47. The van der Waals surface area contributed by atoms with E-state index in [0.29, 0.717) is 12.6 Å². The number of hydrogen-bond acceptors (Lipinski definition) is 5. The third kappa shape index (κ3) is 3.22. The molecule has 1 unspecified atom stereocenters. The number of rotatable bonds is 4. The van der Waals surface area contributed by atoms with E-state index in [-0.39, 0.29) is 11.7 Å². The van der Waals surface area contributed by atoms with E-state index in [0.717, 1.165) is 44.9 Å². The van der Waals surface area contributed by atoms with Crippen molar-refractivity contribution in [3.05, 3.63) is 24.0 Å². The summed E-state index contributed by atoms with van der Waals surface area (Å²) in [5, 5.41) is 2.76. The summed E-state index contributed by atoms with van der Waals surface area (Å²) in [6.07, 6.45) is 0. The summed E-state index contributed by atoms with van der Waals surface area (Å²) in [5.41, 5.74) is -5.71. The summed E-state index contributed by atoms with van der Waals surface area (Å²) in [6.45, 7) is 4.74. The Hall–Kier alpha value is -1.39. The van der Waals surface area contributed by atoms with Gasteiger partial charge in [-0.3, -0.25) is 9.80 Å². The van der Waals surface area contributed by atoms with Crippen LogP contribution in [0, 0.1) is 5.82 Å². The standard InChI is InChI=1S/C14H17F4N3O2S/c15-10-1-2-12(13(7-10)24(22,23)14(16,17)18)19-8-11-9-20-3-5-21(11)6-4-20/h1-2,7,11,19H,3-6,8-9H2. The van der Waals surface area contributed by atoms with Crippen LogP contribution in [0.1, 0.15) is 0 Å². The smallest absolute Gasteiger partial charge is 0.382 e. The fraction of sp³-hybridized carbons (Fsp3) is 0.571. The minimum Gasteiger partial charge on any atom is -0.382 e. The van der Waals surface area contributed by atoms with Crippen LogP contribution in [0.15, 0.2) is 23.1 Å². The van der Waals surface area contributed by atoms with Crippen molar-refractivity contribution in [1.82, 2.24) is 9.80 Å². The third-order valence-electron chi connectivity index (χ3n) is 4.46. The van der Waals surface area contributed by atoms with E-state index in [2.05, 4.69) is 15.1 Å². The number of piperazine rings is 3. The number of benzene rings is 1. The van der Waals surface area contributed by atoms with Gasteiger partial charge in [-0.2, -0.15) is 13.2 Å². The fourth-order valence-electron chi connectivity index (χ4n) is 3.14. The van der Waals surface area contributed by atoms with Gasteiger partial charge in [-0.1, -0.05) is 0 Å². The highest BCUT2D eigenvalue weighted by Crippen LogP contribution is 2.35. The SMILES string of the molecule is O=S(=O)(c1cc(F)ccc1NCC1CN2CCN1CC2)C(F)(F)F. The largest absolute Gasteiger partial charge is 0.501 e. The monoisotopic (exact) mass is 367 g/mol. The lowest BCUT2D eigenvalue weighted by atomic mass is 10.1. The molecular weight excluding hydrogens is 350 g/mol. The first kappa shape index (κ1) is 17.4. The Morgan fingerprint density at radius 2 is 1.83 bits per heavy atom. The van der Waals surface area contributed by atoms with Crippen LogP contribution in [0.4, 0.5) is 23.2 Å². The molecule has 2 bridgehead atoms. The van der Waals surface area contributed by atoms with Gasteiger partial charge >= 0.3 is 5.51 Å². The molecule has 134 valence electrons. The van der Waals surface area contributed by atoms with E-state index in [1.165, 1.54) is 0 Å². The van der Waals surface area contributed by atoms with Gasteiger partial charge in [0.1, 0.15) is 10.7 Å². The lowest BCUT2D eigenvalue weighted by molar-refractivity contribution is -0.0435. The van der Waals surface area contributed by atoms with Crippen LogP contribution in [0.5, 0.6) is 0 Å². The van der Waals surface area contributed by atoms with E-state index in [1.807, 2.05) is 0 Å². The number of halogens is 4. The number of alkyl halides is 3. The third-order valence-corrected chi connectivity index (χ3v) is 5.98. The van der Waals surface area contributed by atoms with Crippen LogP contribution in [0.25, 0.3) is 0 Å². The molecule has 3 fully saturated rings. The highest BCUT2D eigenvalue weighted by molar-refractivity contribution is 7.92. The summed E-state index contributed by atoms with van der Waals surface area (Å²) >= 11 is 0. The normalized spacial score (nSPS) is 27.2. The molecule has 0 radical (unpaired) electrons. The van der Waals surface area contributed by atoms with Gasteiger partial charge in [0.2, 0.25) is 0 Å². The van der Waals surface area contributed by atoms with Crippen molar-refractivity contribution in [2.45, 2.75) is 16.4 Å². The van der Waals surface area contributed by atoms with E-state index in [9.17, 15) is 26.0 Å². The van der Waals surface area contributed by atoms with Gasteiger partial charge in [0.15, 0.2) is 0 Å². The van der Waals surface area contributed by atoms with Crippen LogP contribution < -0.4 is 5.32 Å². The summed E-state index contributed by atoms with van der Waals surface area (Å²) in [6, 6.07) is 2.46. The Labute approximate surface area is 137 Å². The topological polar surface area (TPSA) is 52.7 Å². The van der Waals surface area contributed by atoms with E-state index < -0.39 is 26.1 Å². The van der Waals surface area contributed by atoms with Gasteiger partial charge in [-0.05, 0) is 18.2 Å². The number of hydrogen-bond donors (Lipinski definition) is 1. The second-order valence-electron chi connectivity index (χ2n) is 5.96. The van der Waals surface area contributed by atoms with E-state index in [1.54, 1.807) is 0 Å². The van der Waals surface area contributed by atoms with Crippen molar-refractivity contribution in [1.29, 1.82) is 0 Å². The van der Waals surface area contributed by atoms with Crippen LogP contribution in [-0.4, -0.2) is 69.0 Å². The van der Waals surface area contributed by atoms with E-state index >= 15 is 0 Å². The number of nitrogens with one attached hydrogen (secondary N) is 1. The highest BCUT2D eigenvalue weighted by atomic mass is 32.2. The zero-order chi connectivity index (χ0) is 17.5. The fourth-order valence-corrected chi connectivity index (χ4v) is 4.08. The maximum atomic E-state index is 13.3. The van der Waals surface area contributed by atoms with Crippen molar-refractivity contribution in [2.75, 3.05) is 44.6 Å². The molecule has 1 aromatic rings. The van der Waals surface area contributed by atoms with Gasteiger partial charge in [0.05, 0.1) is 5.69 Å². The molecule has 1 aromatic carbocycles. The molecule has 0 saturated carbocycles. The van der Waals surface area contributed by atoms with Gasteiger partial charge < -0.3 is 5.32 Å². The molecule has 1 atom stereocenters. The summed E-state index contributed by atoms with van der Waals surface area (Å²) < 4.78 is 75.0. The van der Waals surface area contributed by atoms with Crippen molar-refractivity contribution < 1.29 is 26.0 Å². The molecule has 3 heterocycles. The van der Waals surface area contributed by atoms with Crippen molar-refractivity contribution in [2.24, 2.45) is 0 Å². The quantitative estimate of drug-likeness (QED) is 0.818. The molecule has 0 amide bonds. The Balaban J connectivity index is 1.81. The van der Waals surface area contributed by atoms with E-state index in [4.69, 9.17) is 0 Å². The first-order valence-electron chi connectivity index (χ1n) is 7.49. The average Bonchev–Trinajstić information content (AvgIpc) is 2.53. The van der Waals surface area contributed by atoms with Crippen LogP contribution >= 0.6 is 0 Å². The molecule has 24 heavy (non-hydrogen) atoms. The van der Waals surface area contributed by atoms with Gasteiger partial charge in [-0.15, -0.1) is 0 Å². The maximum absolute atomic E-state index is 13.3. The second kappa shape index (κ2) is 6.16. The first-order valence-corrected chi connectivity index (χ1v) is 8.98. The molecule has 3 saturated heterocycles. The summed E-state index contributed by atoms with van der Waals surface area (Å²) in [4.78, 5) is 3.39. The molecule has 3 aliphatic rings. The lowest BCUT2D eigenvalue weighted by Crippen LogP contribution is -2.62. The average molecular weight is 367 g/mol. The Morgan fingerprint density at radius 1 is 1.17 bits per heavy atom. The van der Waals surface area contributed by atoms with Crippen molar-refractivity contribution in [3.8, 4) is 0 Å². The second-order valence-corrected chi connectivity index (χ2v) is 7.87. The molecule has 0 aromatic heterocycles. The van der Waals surface area contributed by atoms with Gasteiger partial charge in [-0.25, -0.2) is 12.8 Å². The Bertz CT molecular complexity index is 715. The number of anilines is 1. The number of sulfone groups is 1. The maximum Gasteiger partial charge on any atom is 0.501 e. The number of nitrogens with zero attached hydrogens (tertiary/aromatic N) is 2. The minimum atomic E-state index is -5.62. The minimum absolute atomic E-state index is 0.0824. The molecule has 3 aliphatic heterocycles. The molecule has 0 aliphatic carbocycles. The molecule has 10 heteroatoms. The summed E-state index contributed by atoms with van der Waals surface area (Å²) in [5.74, 6) is -1.03. The predicted octanol–water partition coefficient (Wildman–Crippen LogP) is 1.53. The Morgan fingerprint density at radius 3 is 2.38 bits per heavy atom. The van der Waals surface area contributed by atoms with Gasteiger partial charge in [0.25, 0.3) is 9.84 Å². The zero-order valence-electron chi connectivity index (χ0n) is 12.7.